The van der Waals surface area contributed by atoms with Crippen LogP contribution in [0.25, 0.3) is 0 Å². The molecule has 0 bridgehead atoms. The van der Waals surface area contributed by atoms with Crippen molar-refractivity contribution in [2.45, 2.75) is 52.4 Å². The van der Waals surface area contributed by atoms with Crippen molar-refractivity contribution < 1.29 is 4.84 Å². The third-order valence-electron chi connectivity index (χ3n) is 2.79. The third kappa shape index (κ3) is 3.29. The van der Waals surface area contributed by atoms with Gasteiger partial charge in [0.1, 0.15) is 0 Å². The van der Waals surface area contributed by atoms with Crippen LogP contribution in [0.1, 0.15) is 52.7 Å². The highest BCUT2D eigenvalue weighted by Crippen LogP contribution is 2.35. The molecule has 0 heterocycles. The molecule has 17 heavy (non-hydrogen) atoms. The van der Waals surface area contributed by atoms with Crippen LogP contribution in [0.2, 0.25) is 0 Å². The molecule has 0 saturated carbocycles. The fraction of sp³-hybridized carbons (Fsp3) is 0.571. The van der Waals surface area contributed by atoms with Crippen molar-refractivity contribution in [3.05, 3.63) is 34.2 Å². The van der Waals surface area contributed by atoms with E-state index in [0.717, 1.165) is 5.56 Å². The highest BCUT2D eigenvalue weighted by atomic mass is 16.7. The van der Waals surface area contributed by atoms with Crippen LogP contribution in [-0.2, 0) is 10.8 Å². The first-order valence-corrected chi connectivity index (χ1v) is 5.81. The van der Waals surface area contributed by atoms with Crippen LogP contribution in [0.5, 0.6) is 5.75 Å². The quantitative estimate of drug-likeness (QED) is 0.565. The summed E-state index contributed by atoms with van der Waals surface area (Å²) < 4.78 is 0. The number of nitrogens with zero attached hydrogens (tertiary/aromatic N) is 1. The lowest BCUT2D eigenvalue weighted by atomic mass is 9.80. The lowest BCUT2D eigenvalue weighted by Gasteiger charge is -2.25. The minimum atomic E-state index is -0.0821. The van der Waals surface area contributed by atoms with Crippen LogP contribution in [0, 0.1) is 4.91 Å². The van der Waals surface area contributed by atoms with Crippen LogP contribution < -0.4 is 4.84 Å². The van der Waals surface area contributed by atoms with E-state index in [1.165, 1.54) is 5.56 Å². The first-order chi connectivity index (χ1) is 7.66. The first kappa shape index (κ1) is 13.7. The SMILES string of the molecule is CC(C)(C)c1ccc(ON=O)c(C(C)(C)C)c1. The number of benzene rings is 1. The molecule has 0 aliphatic heterocycles. The molecule has 3 nitrogen and oxygen atoms in total. The largest absolute Gasteiger partial charge is 0.324 e. The summed E-state index contributed by atoms with van der Waals surface area (Å²) in [5.74, 6) is 0.542. The smallest absolute Gasteiger partial charge is 0.165 e. The van der Waals surface area contributed by atoms with E-state index in [-0.39, 0.29) is 10.8 Å². The van der Waals surface area contributed by atoms with Gasteiger partial charge in [-0.05, 0) is 22.5 Å². The predicted molar refractivity (Wildman–Crippen MR) is 70.3 cm³/mol. The van der Waals surface area contributed by atoms with Gasteiger partial charge in [-0.3, -0.25) is 0 Å². The summed E-state index contributed by atoms with van der Waals surface area (Å²) in [6.45, 7) is 12.7. The molecule has 0 spiro atoms. The fourth-order valence-electron chi connectivity index (χ4n) is 1.70. The van der Waals surface area contributed by atoms with E-state index in [0.29, 0.717) is 5.75 Å². The average molecular weight is 235 g/mol. The molecule has 0 saturated heterocycles. The number of rotatable bonds is 2. The van der Waals surface area contributed by atoms with Gasteiger partial charge in [0.15, 0.2) is 11.1 Å². The van der Waals surface area contributed by atoms with E-state index in [9.17, 15) is 4.91 Å². The van der Waals surface area contributed by atoms with Gasteiger partial charge < -0.3 is 4.84 Å². The molecule has 0 radical (unpaired) electrons. The van der Waals surface area contributed by atoms with Gasteiger partial charge in [0.05, 0.1) is 0 Å². The van der Waals surface area contributed by atoms with E-state index in [1.54, 1.807) is 0 Å². The van der Waals surface area contributed by atoms with E-state index >= 15 is 0 Å². The zero-order chi connectivity index (χ0) is 13.3. The van der Waals surface area contributed by atoms with Crippen molar-refractivity contribution in [3.63, 3.8) is 0 Å². The normalized spacial score (nSPS) is 12.4. The predicted octanol–water partition coefficient (Wildman–Crippen LogP) is 4.34. The van der Waals surface area contributed by atoms with E-state index < -0.39 is 0 Å². The molecule has 3 heteroatoms. The minimum Gasteiger partial charge on any atom is -0.324 e. The summed E-state index contributed by atoms with van der Waals surface area (Å²) >= 11 is 0. The Morgan fingerprint density at radius 3 is 2.00 bits per heavy atom. The molecule has 1 aromatic rings. The maximum atomic E-state index is 10.3. The Bertz CT molecular complexity index is 411. The van der Waals surface area contributed by atoms with Gasteiger partial charge in [0.25, 0.3) is 0 Å². The lowest BCUT2D eigenvalue weighted by Crippen LogP contribution is -2.17. The fourth-order valence-corrected chi connectivity index (χ4v) is 1.70. The van der Waals surface area contributed by atoms with E-state index in [1.807, 2.05) is 12.1 Å². The Labute approximate surface area is 103 Å². The summed E-state index contributed by atoms with van der Waals surface area (Å²) in [5.41, 5.74) is 2.22. The highest BCUT2D eigenvalue weighted by molar-refractivity contribution is 5.43. The Balaban J connectivity index is 3.34. The van der Waals surface area contributed by atoms with Gasteiger partial charge in [-0.1, -0.05) is 53.7 Å². The molecule has 94 valence electrons. The molecule has 0 aliphatic carbocycles. The molecule has 0 unspecified atom stereocenters. The number of hydrogen-bond acceptors (Lipinski definition) is 3. The van der Waals surface area contributed by atoms with Crippen molar-refractivity contribution in [2.24, 2.45) is 5.34 Å². The molecular weight excluding hydrogens is 214 g/mol. The lowest BCUT2D eigenvalue weighted by molar-refractivity contribution is 0.324. The van der Waals surface area contributed by atoms with Crippen LogP contribution >= 0.6 is 0 Å². The molecule has 1 rings (SSSR count). The van der Waals surface area contributed by atoms with Gasteiger partial charge >= 0.3 is 0 Å². The van der Waals surface area contributed by atoms with Crippen LogP contribution in [0.3, 0.4) is 0 Å². The maximum absolute atomic E-state index is 10.3. The molecule has 0 fully saturated rings. The standard InChI is InChI=1S/C14H21NO2/c1-13(2,3)10-7-8-12(17-15-16)11(9-10)14(4,5)6/h7-9H,1-6H3. The van der Waals surface area contributed by atoms with Gasteiger partial charge in [0, 0.05) is 5.56 Å². The topological polar surface area (TPSA) is 38.7 Å². The number of hydrogen-bond donors (Lipinski definition) is 0. The van der Waals surface area contributed by atoms with Crippen molar-refractivity contribution in [1.82, 2.24) is 0 Å². The van der Waals surface area contributed by atoms with Crippen molar-refractivity contribution >= 4 is 0 Å². The molecule has 0 amide bonds. The maximum Gasteiger partial charge on any atom is 0.165 e. The summed E-state index contributed by atoms with van der Waals surface area (Å²) in [5, 5.41) is 2.52. The molecule has 0 aliphatic rings. The Hall–Kier alpha value is -1.38. The van der Waals surface area contributed by atoms with Crippen LogP contribution in [0.15, 0.2) is 23.5 Å². The second kappa shape index (κ2) is 4.47. The molecule has 1 aromatic carbocycles. The van der Waals surface area contributed by atoms with Crippen molar-refractivity contribution in [3.8, 4) is 5.75 Å². The molecule has 0 atom stereocenters. The molecule has 0 aromatic heterocycles. The molecular formula is C14H21NO2. The molecule has 0 N–H and O–H groups in total. The third-order valence-corrected chi connectivity index (χ3v) is 2.79. The second-order valence-corrected chi connectivity index (χ2v) is 6.38. The van der Waals surface area contributed by atoms with Gasteiger partial charge in [0.2, 0.25) is 0 Å². The van der Waals surface area contributed by atoms with Gasteiger partial charge in [-0.15, -0.1) is 4.91 Å². The minimum absolute atomic E-state index is 0.0765. The summed E-state index contributed by atoms with van der Waals surface area (Å²) in [7, 11) is 0. The highest BCUT2D eigenvalue weighted by Gasteiger charge is 2.23. The monoisotopic (exact) mass is 235 g/mol. The van der Waals surface area contributed by atoms with E-state index in [2.05, 4.69) is 52.9 Å². The summed E-state index contributed by atoms with van der Waals surface area (Å²) in [4.78, 5) is 15.1. The van der Waals surface area contributed by atoms with Crippen LogP contribution in [0.4, 0.5) is 0 Å². The van der Waals surface area contributed by atoms with Crippen molar-refractivity contribution in [2.75, 3.05) is 0 Å². The zero-order valence-electron chi connectivity index (χ0n) is 11.5. The van der Waals surface area contributed by atoms with Crippen LogP contribution in [-0.4, -0.2) is 0 Å². The summed E-state index contributed by atoms with van der Waals surface area (Å²) in [6, 6.07) is 5.90. The Morgan fingerprint density at radius 1 is 1.00 bits per heavy atom. The van der Waals surface area contributed by atoms with Gasteiger partial charge in [-0.25, -0.2) is 0 Å². The van der Waals surface area contributed by atoms with E-state index in [4.69, 9.17) is 4.84 Å². The Morgan fingerprint density at radius 2 is 1.59 bits per heavy atom. The second-order valence-electron chi connectivity index (χ2n) is 6.38. The summed E-state index contributed by atoms with van der Waals surface area (Å²) in [6.07, 6.45) is 0. The van der Waals surface area contributed by atoms with Gasteiger partial charge in [-0.2, -0.15) is 0 Å². The zero-order valence-corrected chi connectivity index (χ0v) is 11.5. The first-order valence-electron chi connectivity index (χ1n) is 5.81. The average Bonchev–Trinajstić information content (AvgIpc) is 2.15. The Kier molecular flexibility index (Phi) is 3.60. The van der Waals surface area contributed by atoms with Crippen molar-refractivity contribution in [1.29, 1.82) is 0 Å².